The summed E-state index contributed by atoms with van der Waals surface area (Å²) in [5.74, 6) is 0.0542. The Hall–Kier alpha value is -0.830. The number of aromatic nitrogens is 1. The highest BCUT2D eigenvalue weighted by molar-refractivity contribution is 7.91. The van der Waals surface area contributed by atoms with Gasteiger partial charge in [0.05, 0.1) is 10.9 Å². The zero-order chi connectivity index (χ0) is 14.2. The van der Waals surface area contributed by atoms with E-state index in [4.69, 9.17) is 17.3 Å². The molecule has 0 aliphatic carbocycles. The van der Waals surface area contributed by atoms with E-state index in [1.54, 1.807) is 7.05 Å². The Morgan fingerprint density at radius 2 is 2.16 bits per heavy atom. The van der Waals surface area contributed by atoms with Gasteiger partial charge in [0.2, 0.25) is 0 Å². The van der Waals surface area contributed by atoms with E-state index in [2.05, 4.69) is 4.37 Å². The minimum Gasteiger partial charge on any atom is -0.382 e. The molecule has 5 nitrogen and oxygen atoms in total. The maximum Gasteiger partial charge on any atom is 0.182 e. The number of sulfone groups is 1. The standard InChI is InChI=1S/C10H12ClN3O2S3/c1-14(5-6-3-4-7(11)17-6)10-8(19(2,15)16)9(12)13-18-10/h3-4H,5H2,1-2H3,(H2,12,13). The van der Waals surface area contributed by atoms with Gasteiger partial charge in [0.15, 0.2) is 15.7 Å². The van der Waals surface area contributed by atoms with Crippen LogP contribution in [0.15, 0.2) is 17.0 Å². The maximum absolute atomic E-state index is 11.7. The van der Waals surface area contributed by atoms with Crippen LogP contribution in [0.2, 0.25) is 4.34 Å². The van der Waals surface area contributed by atoms with Crippen LogP contribution in [0.3, 0.4) is 0 Å². The fourth-order valence-electron chi connectivity index (χ4n) is 1.62. The first-order chi connectivity index (χ1) is 8.79. The molecule has 0 amide bonds. The van der Waals surface area contributed by atoms with Crippen LogP contribution in [0.25, 0.3) is 0 Å². The third-order valence-corrected chi connectivity index (χ3v) is 5.86. The number of halogens is 1. The topological polar surface area (TPSA) is 76.3 Å². The summed E-state index contributed by atoms with van der Waals surface area (Å²) < 4.78 is 28.1. The van der Waals surface area contributed by atoms with Crippen molar-refractivity contribution in [2.24, 2.45) is 0 Å². The molecule has 9 heteroatoms. The molecule has 0 aliphatic rings. The molecule has 0 fully saturated rings. The summed E-state index contributed by atoms with van der Waals surface area (Å²) in [6.07, 6.45) is 1.13. The predicted molar refractivity (Wildman–Crippen MR) is 81.1 cm³/mol. The number of nitrogens with two attached hydrogens (primary N) is 1. The summed E-state index contributed by atoms with van der Waals surface area (Å²) in [5, 5.41) is 0.546. The molecule has 0 aliphatic heterocycles. The average Bonchev–Trinajstić information content (AvgIpc) is 2.84. The highest BCUT2D eigenvalue weighted by Crippen LogP contribution is 2.35. The zero-order valence-electron chi connectivity index (χ0n) is 10.3. The van der Waals surface area contributed by atoms with Gasteiger partial charge in [-0.3, -0.25) is 0 Å². The Kier molecular flexibility index (Phi) is 4.05. The summed E-state index contributed by atoms with van der Waals surface area (Å²) in [6.45, 7) is 0.557. The van der Waals surface area contributed by atoms with Crippen molar-refractivity contribution in [3.05, 3.63) is 21.3 Å². The van der Waals surface area contributed by atoms with Crippen LogP contribution < -0.4 is 10.6 Å². The number of thiophene rings is 1. The normalized spacial score (nSPS) is 11.7. The molecule has 2 aromatic rings. The van der Waals surface area contributed by atoms with Gasteiger partial charge in [0, 0.05) is 18.2 Å². The molecule has 0 saturated carbocycles. The average molecular weight is 338 g/mol. The highest BCUT2D eigenvalue weighted by atomic mass is 35.5. The minimum absolute atomic E-state index is 0.0542. The zero-order valence-corrected chi connectivity index (χ0v) is 13.5. The second-order valence-electron chi connectivity index (χ2n) is 4.04. The fraction of sp³-hybridized carbons (Fsp3) is 0.300. The van der Waals surface area contributed by atoms with E-state index in [1.807, 2.05) is 17.0 Å². The molecule has 0 saturated heterocycles. The molecule has 2 aromatic heterocycles. The number of hydrogen-bond acceptors (Lipinski definition) is 7. The Labute approximate surface area is 124 Å². The molecule has 0 atom stereocenters. The van der Waals surface area contributed by atoms with Crippen LogP contribution in [0, 0.1) is 0 Å². The lowest BCUT2D eigenvalue weighted by molar-refractivity contribution is 0.602. The maximum atomic E-state index is 11.7. The molecule has 0 aromatic carbocycles. The predicted octanol–water partition coefficient (Wildman–Crippen LogP) is 2.48. The molecule has 2 N–H and O–H groups in total. The van der Waals surface area contributed by atoms with Gasteiger partial charge in [0.1, 0.15) is 9.90 Å². The number of hydrogen-bond donors (Lipinski definition) is 1. The van der Waals surface area contributed by atoms with Crippen molar-refractivity contribution in [1.82, 2.24) is 4.37 Å². The highest BCUT2D eigenvalue weighted by Gasteiger charge is 2.23. The number of nitrogens with zero attached hydrogens (tertiary/aromatic N) is 2. The van der Waals surface area contributed by atoms with Crippen molar-refractivity contribution in [2.45, 2.75) is 11.4 Å². The molecule has 0 radical (unpaired) electrons. The smallest absolute Gasteiger partial charge is 0.182 e. The second-order valence-corrected chi connectivity index (χ2v) is 8.54. The Morgan fingerprint density at radius 1 is 1.47 bits per heavy atom. The van der Waals surface area contributed by atoms with Gasteiger partial charge in [-0.25, -0.2) is 8.42 Å². The molecule has 2 rings (SSSR count). The van der Waals surface area contributed by atoms with Gasteiger partial charge in [-0.05, 0) is 23.7 Å². The lowest BCUT2D eigenvalue weighted by Crippen LogP contribution is -2.17. The SMILES string of the molecule is CN(Cc1ccc(Cl)s1)c1snc(N)c1S(C)(=O)=O. The van der Waals surface area contributed by atoms with Gasteiger partial charge >= 0.3 is 0 Å². The summed E-state index contributed by atoms with van der Waals surface area (Å²) in [6, 6.07) is 3.72. The van der Waals surface area contributed by atoms with Crippen LogP contribution in [-0.4, -0.2) is 26.1 Å². The fourth-order valence-corrected chi connectivity index (χ4v) is 4.95. The van der Waals surface area contributed by atoms with Gasteiger partial charge in [-0.1, -0.05) is 11.6 Å². The van der Waals surface area contributed by atoms with Crippen LogP contribution in [0.1, 0.15) is 4.88 Å². The molecule has 0 unspecified atom stereocenters. The lowest BCUT2D eigenvalue weighted by Gasteiger charge is -2.17. The Balaban J connectivity index is 2.32. The van der Waals surface area contributed by atoms with Crippen LogP contribution in [0.4, 0.5) is 10.8 Å². The third kappa shape index (κ3) is 3.19. The second kappa shape index (κ2) is 5.28. The van der Waals surface area contributed by atoms with E-state index >= 15 is 0 Å². The Bertz CT molecular complexity index is 693. The van der Waals surface area contributed by atoms with Crippen molar-refractivity contribution >= 4 is 55.1 Å². The molecule has 19 heavy (non-hydrogen) atoms. The van der Waals surface area contributed by atoms with E-state index in [9.17, 15) is 8.42 Å². The third-order valence-electron chi connectivity index (χ3n) is 2.40. The molecule has 104 valence electrons. The van der Waals surface area contributed by atoms with Crippen molar-refractivity contribution in [3.8, 4) is 0 Å². The Morgan fingerprint density at radius 3 is 2.68 bits per heavy atom. The van der Waals surface area contributed by atoms with E-state index in [0.717, 1.165) is 22.7 Å². The van der Waals surface area contributed by atoms with Crippen LogP contribution in [-0.2, 0) is 16.4 Å². The lowest BCUT2D eigenvalue weighted by atomic mass is 10.4. The summed E-state index contributed by atoms with van der Waals surface area (Å²) >= 11 is 8.41. The summed E-state index contributed by atoms with van der Waals surface area (Å²) in [4.78, 5) is 2.95. The molecule has 0 spiro atoms. The largest absolute Gasteiger partial charge is 0.382 e. The number of anilines is 2. The van der Waals surface area contributed by atoms with Crippen molar-refractivity contribution in [2.75, 3.05) is 23.9 Å². The first kappa shape index (κ1) is 14.6. The minimum atomic E-state index is -3.39. The van der Waals surface area contributed by atoms with Gasteiger partial charge in [0.25, 0.3) is 0 Å². The number of rotatable bonds is 4. The van der Waals surface area contributed by atoms with Gasteiger partial charge in [-0.15, -0.1) is 11.3 Å². The first-order valence-corrected chi connectivity index (χ1v) is 9.05. The van der Waals surface area contributed by atoms with E-state index in [-0.39, 0.29) is 10.7 Å². The van der Waals surface area contributed by atoms with Crippen LogP contribution >= 0.6 is 34.5 Å². The van der Waals surface area contributed by atoms with Crippen molar-refractivity contribution in [3.63, 3.8) is 0 Å². The molecule has 0 bridgehead atoms. The van der Waals surface area contributed by atoms with Gasteiger partial charge < -0.3 is 10.6 Å². The quantitative estimate of drug-likeness (QED) is 0.927. The summed E-state index contributed by atoms with van der Waals surface area (Å²) in [7, 11) is -1.59. The van der Waals surface area contributed by atoms with Crippen molar-refractivity contribution < 1.29 is 8.42 Å². The van der Waals surface area contributed by atoms with E-state index in [1.165, 1.54) is 11.3 Å². The van der Waals surface area contributed by atoms with Gasteiger partial charge in [-0.2, -0.15) is 4.37 Å². The molecule has 2 heterocycles. The van der Waals surface area contributed by atoms with Crippen LogP contribution in [0.5, 0.6) is 0 Å². The molecular formula is C10H12ClN3O2S3. The summed E-state index contributed by atoms with van der Waals surface area (Å²) in [5.41, 5.74) is 5.64. The number of nitrogen functional groups attached to an aromatic ring is 1. The van der Waals surface area contributed by atoms with Crippen molar-refractivity contribution in [1.29, 1.82) is 0 Å². The molecular weight excluding hydrogens is 326 g/mol. The monoisotopic (exact) mass is 337 g/mol. The van der Waals surface area contributed by atoms with E-state index in [0.29, 0.717) is 15.9 Å². The first-order valence-electron chi connectivity index (χ1n) is 5.19. The van der Waals surface area contributed by atoms with E-state index < -0.39 is 9.84 Å².